The fourth-order valence-corrected chi connectivity index (χ4v) is 5.24. The van der Waals surface area contributed by atoms with Crippen LogP contribution in [0.25, 0.3) is 11.2 Å². The van der Waals surface area contributed by atoms with Crippen molar-refractivity contribution in [1.29, 1.82) is 0 Å². The molecule has 0 aliphatic carbocycles. The van der Waals surface area contributed by atoms with Gasteiger partial charge in [0, 0.05) is 39.3 Å². The van der Waals surface area contributed by atoms with Crippen LogP contribution in [0.2, 0.25) is 0 Å². The Hall–Kier alpha value is -2.88. The lowest BCUT2D eigenvalue weighted by molar-refractivity contribution is 0.153. The molecule has 2 saturated heterocycles. The zero-order valence-corrected chi connectivity index (χ0v) is 21.2. The number of aromatic nitrogens is 4. The molecule has 0 radical (unpaired) electrons. The highest BCUT2D eigenvalue weighted by Gasteiger charge is 2.40. The van der Waals surface area contributed by atoms with Crippen molar-refractivity contribution in [1.82, 2.24) is 24.0 Å². The third kappa shape index (κ3) is 4.44. The van der Waals surface area contributed by atoms with Gasteiger partial charge in [0.15, 0.2) is 11.2 Å². The third-order valence-electron chi connectivity index (χ3n) is 7.14. The fraction of sp³-hybridized carbons (Fsp3) is 0.480. The summed E-state index contributed by atoms with van der Waals surface area (Å²) in [6.45, 7) is 7.19. The van der Waals surface area contributed by atoms with Gasteiger partial charge in [-0.2, -0.15) is 4.98 Å². The van der Waals surface area contributed by atoms with Crippen molar-refractivity contribution in [2.75, 3.05) is 24.5 Å². The molecule has 1 aromatic carbocycles. The summed E-state index contributed by atoms with van der Waals surface area (Å²) in [4.78, 5) is 34.0. The van der Waals surface area contributed by atoms with E-state index in [1.807, 2.05) is 36.6 Å². The summed E-state index contributed by atoms with van der Waals surface area (Å²) in [5.41, 5.74) is 1.67. The van der Waals surface area contributed by atoms with Crippen LogP contribution < -0.4 is 21.5 Å². The number of nitrogens with zero attached hydrogens (tertiary/aromatic N) is 5. The van der Waals surface area contributed by atoms with Crippen LogP contribution in [0.3, 0.4) is 0 Å². The van der Waals surface area contributed by atoms with Gasteiger partial charge in [0.2, 0.25) is 5.95 Å². The van der Waals surface area contributed by atoms with Crippen molar-refractivity contribution in [2.45, 2.75) is 45.5 Å². The van der Waals surface area contributed by atoms with Crippen LogP contribution in [-0.2, 0) is 20.1 Å². The van der Waals surface area contributed by atoms with Crippen LogP contribution in [0, 0.1) is 5.92 Å². The molecule has 0 saturated carbocycles. The van der Waals surface area contributed by atoms with Crippen LogP contribution in [0.5, 0.6) is 0 Å². The molecule has 10 heteroatoms. The minimum atomic E-state index is -0.971. The SMILES string of the molecule is CC(C)=CCn1c(N2CCC3CNCC32)nc2c1c(=O)n(CC(O)c1ccccc1)c(=O)n2C.Cl. The Bertz CT molecular complexity index is 1360. The van der Waals surface area contributed by atoms with E-state index >= 15 is 0 Å². The molecule has 3 unspecified atom stereocenters. The molecule has 2 N–H and O–H groups in total. The average molecular weight is 501 g/mol. The summed E-state index contributed by atoms with van der Waals surface area (Å²) >= 11 is 0. The number of aryl methyl sites for hydroxylation is 1. The molecule has 0 spiro atoms. The van der Waals surface area contributed by atoms with Gasteiger partial charge in [0.1, 0.15) is 0 Å². The van der Waals surface area contributed by atoms with Crippen molar-refractivity contribution in [3.63, 3.8) is 0 Å². The molecule has 3 atom stereocenters. The maximum Gasteiger partial charge on any atom is 0.332 e. The third-order valence-corrected chi connectivity index (χ3v) is 7.14. The molecular weight excluding hydrogens is 468 g/mol. The van der Waals surface area contributed by atoms with Gasteiger partial charge < -0.3 is 19.9 Å². The Labute approximate surface area is 210 Å². The highest BCUT2D eigenvalue weighted by Crippen LogP contribution is 2.32. The molecule has 0 bridgehead atoms. The molecule has 2 aromatic heterocycles. The molecule has 0 amide bonds. The second-order valence-corrected chi connectivity index (χ2v) is 9.63. The highest BCUT2D eigenvalue weighted by molar-refractivity contribution is 5.85. The van der Waals surface area contributed by atoms with E-state index in [1.54, 1.807) is 19.2 Å². The molecular formula is C25H33ClN6O3. The fourth-order valence-electron chi connectivity index (χ4n) is 5.24. The van der Waals surface area contributed by atoms with Gasteiger partial charge in [-0.3, -0.25) is 13.9 Å². The zero-order valence-electron chi connectivity index (χ0n) is 20.3. The number of halogens is 1. The molecule has 35 heavy (non-hydrogen) atoms. The minimum Gasteiger partial charge on any atom is -0.387 e. The number of aliphatic hydroxyl groups is 1. The molecule has 5 rings (SSSR count). The summed E-state index contributed by atoms with van der Waals surface area (Å²) in [5.74, 6) is 1.30. The number of imidazole rings is 1. The second kappa shape index (κ2) is 10.0. The Kier molecular flexibility index (Phi) is 7.21. The number of aliphatic hydroxyl groups excluding tert-OH is 1. The number of benzene rings is 1. The van der Waals surface area contributed by atoms with Gasteiger partial charge >= 0.3 is 5.69 Å². The Morgan fingerprint density at radius 2 is 1.94 bits per heavy atom. The first kappa shape index (κ1) is 25.2. The predicted octanol–water partition coefficient (Wildman–Crippen LogP) is 1.82. The molecule has 2 fully saturated rings. The zero-order chi connectivity index (χ0) is 24.0. The smallest absolute Gasteiger partial charge is 0.332 e. The van der Waals surface area contributed by atoms with Gasteiger partial charge in [0.05, 0.1) is 12.6 Å². The topological polar surface area (TPSA) is 97.3 Å². The van der Waals surface area contributed by atoms with Crippen molar-refractivity contribution in [3.05, 3.63) is 68.4 Å². The van der Waals surface area contributed by atoms with Crippen LogP contribution >= 0.6 is 12.4 Å². The second-order valence-electron chi connectivity index (χ2n) is 9.63. The first-order chi connectivity index (χ1) is 16.4. The van der Waals surface area contributed by atoms with Crippen LogP contribution in [0.1, 0.15) is 31.9 Å². The summed E-state index contributed by atoms with van der Waals surface area (Å²) < 4.78 is 4.50. The van der Waals surface area contributed by atoms with Crippen molar-refractivity contribution in [3.8, 4) is 0 Å². The summed E-state index contributed by atoms with van der Waals surface area (Å²) in [5, 5.41) is 14.2. The summed E-state index contributed by atoms with van der Waals surface area (Å²) in [6, 6.07) is 9.42. The molecule has 3 aromatic rings. The van der Waals surface area contributed by atoms with Gasteiger partial charge in [-0.15, -0.1) is 12.4 Å². The van der Waals surface area contributed by atoms with Crippen LogP contribution in [0.15, 0.2) is 51.6 Å². The van der Waals surface area contributed by atoms with E-state index in [2.05, 4.69) is 16.3 Å². The minimum absolute atomic E-state index is 0. The molecule has 2 aliphatic heterocycles. The summed E-state index contributed by atoms with van der Waals surface area (Å²) in [7, 11) is 1.64. The van der Waals surface area contributed by atoms with E-state index < -0.39 is 17.4 Å². The first-order valence-electron chi connectivity index (χ1n) is 11.9. The Balaban J connectivity index is 0.00000289. The molecule has 188 valence electrons. The lowest BCUT2D eigenvalue weighted by atomic mass is 10.1. The Morgan fingerprint density at radius 3 is 2.66 bits per heavy atom. The van der Waals surface area contributed by atoms with Gasteiger partial charge in [-0.05, 0) is 31.7 Å². The Morgan fingerprint density at radius 1 is 1.20 bits per heavy atom. The van der Waals surface area contributed by atoms with Crippen molar-refractivity contribution >= 4 is 29.5 Å². The standard InChI is InChI=1S/C25H32N6O3.ClH/c1-16(2)9-11-30-21-22(27-24(30)29-12-10-18-13-26-14-19(18)29)28(3)25(34)31(23(21)33)15-20(32)17-7-5-4-6-8-17;/h4-9,18-20,26,32H,10-15H2,1-3H3;1H. The van der Waals surface area contributed by atoms with Crippen molar-refractivity contribution < 1.29 is 5.11 Å². The van der Waals surface area contributed by atoms with Crippen molar-refractivity contribution in [2.24, 2.45) is 13.0 Å². The van der Waals surface area contributed by atoms with Crippen LogP contribution in [-0.4, -0.2) is 49.5 Å². The predicted molar refractivity (Wildman–Crippen MR) is 139 cm³/mol. The van der Waals surface area contributed by atoms with Gasteiger partial charge in [-0.25, -0.2) is 4.79 Å². The number of fused-ring (bicyclic) bond motifs is 2. The number of rotatable bonds is 6. The lowest BCUT2D eigenvalue weighted by Crippen LogP contribution is -2.41. The average Bonchev–Trinajstić information content (AvgIpc) is 3.54. The highest BCUT2D eigenvalue weighted by atomic mass is 35.5. The van der Waals surface area contributed by atoms with E-state index in [1.165, 1.54) is 4.57 Å². The molecule has 4 heterocycles. The number of nitrogens with one attached hydrogen (secondary N) is 1. The van der Waals surface area contributed by atoms with Gasteiger partial charge in [0.25, 0.3) is 5.56 Å². The van der Waals surface area contributed by atoms with E-state index in [4.69, 9.17) is 4.98 Å². The monoisotopic (exact) mass is 500 g/mol. The first-order valence-corrected chi connectivity index (χ1v) is 11.9. The maximum atomic E-state index is 13.7. The number of anilines is 1. The van der Waals surface area contributed by atoms with E-state index in [9.17, 15) is 14.7 Å². The lowest BCUT2D eigenvalue weighted by Gasteiger charge is -2.25. The maximum absolute atomic E-state index is 13.7. The van der Waals surface area contributed by atoms with Gasteiger partial charge in [-0.1, -0.05) is 42.0 Å². The molecule has 2 aliphatic rings. The normalized spacial score (nSPS) is 20.1. The van der Waals surface area contributed by atoms with E-state index in [0.29, 0.717) is 35.2 Å². The van der Waals surface area contributed by atoms with E-state index in [0.717, 1.165) is 42.1 Å². The summed E-state index contributed by atoms with van der Waals surface area (Å²) in [6.07, 6.45) is 2.18. The van der Waals surface area contributed by atoms with Crippen LogP contribution in [0.4, 0.5) is 5.95 Å². The number of allylic oxidation sites excluding steroid dienone is 2. The largest absolute Gasteiger partial charge is 0.387 e. The molecule has 9 nitrogen and oxygen atoms in total. The number of hydrogen-bond donors (Lipinski definition) is 2. The number of hydrogen-bond acceptors (Lipinski definition) is 6. The quantitative estimate of drug-likeness (QED) is 0.501. The van der Waals surface area contributed by atoms with E-state index in [-0.39, 0.29) is 19.0 Å².